The van der Waals surface area contributed by atoms with Crippen LogP contribution in [0.4, 0.5) is 17.1 Å². The van der Waals surface area contributed by atoms with Crippen molar-refractivity contribution in [3.63, 3.8) is 0 Å². The number of benzene rings is 2. The van der Waals surface area contributed by atoms with Gasteiger partial charge >= 0.3 is 0 Å². The Hall–Kier alpha value is -2.58. The van der Waals surface area contributed by atoms with E-state index in [2.05, 4.69) is 32.8 Å². The number of hydrogen-bond donors (Lipinski definition) is 2. The summed E-state index contributed by atoms with van der Waals surface area (Å²) in [5.74, 6) is -0.410. The Morgan fingerprint density at radius 3 is 2.33 bits per heavy atom. The van der Waals surface area contributed by atoms with E-state index in [0.29, 0.717) is 5.69 Å². The predicted molar refractivity (Wildman–Crippen MR) is 123 cm³/mol. The highest BCUT2D eigenvalue weighted by molar-refractivity contribution is 7.92. The molecule has 1 amide bonds. The van der Waals surface area contributed by atoms with Crippen molar-refractivity contribution in [2.45, 2.75) is 20.8 Å². The SMILES string of the molecule is CCN1CCN(c2ccc(NC(=O)c3ccccc3NS(=O)(=O)CC)c(C)c2)CC1. The molecular formula is C22H30N4O3S. The number of amides is 1. The van der Waals surface area contributed by atoms with E-state index in [1.165, 1.54) is 0 Å². The van der Waals surface area contributed by atoms with Gasteiger partial charge < -0.3 is 15.1 Å². The van der Waals surface area contributed by atoms with Crippen molar-refractivity contribution in [2.75, 3.05) is 53.4 Å². The molecule has 1 fully saturated rings. The maximum Gasteiger partial charge on any atom is 0.257 e. The lowest BCUT2D eigenvalue weighted by Gasteiger charge is -2.35. The van der Waals surface area contributed by atoms with Crippen molar-refractivity contribution >= 4 is 33.0 Å². The maximum atomic E-state index is 12.9. The molecule has 1 heterocycles. The zero-order valence-electron chi connectivity index (χ0n) is 17.8. The van der Waals surface area contributed by atoms with Gasteiger partial charge in [-0.15, -0.1) is 0 Å². The zero-order chi connectivity index (χ0) is 21.7. The van der Waals surface area contributed by atoms with E-state index >= 15 is 0 Å². The summed E-state index contributed by atoms with van der Waals surface area (Å²) in [7, 11) is -3.47. The molecule has 0 radical (unpaired) electrons. The number of rotatable bonds is 7. The minimum atomic E-state index is -3.47. The first kappa shape index (κ1) is 22.1. The number of piperazine rings is 1. The molecule has 1 aliphatic heterocycles. The second-order valence-electron chi connectivity index (χ2n) is 7.43. The van der Waals surface area contributed by atoms with Gasteiger partial charge in [-0.05, 0) is 56.3 Å². The topological polar surface area (TPSA) is 81.8 Å². The zero-order valence-corrected chi connectivity index (χ0v) is 18.6. The fraction of sp³-hybridized carbons (Fsp3) is 0.409. The van der Waals surface area contributed by atoms with Crippen LogP contribution in [-0.4, -0.2) is 57.7 Å². The summed E-state index contributed by atoms with van der Waals surface area (Å²) in [5.41, 5.74) is 3.39. The Labute approximate surface area is 179 Å². The molecule has 162 valence electrons. The molecule has 2 aromatic rings. The molecule has 30 heavy (non-hydrogen) atoms. The number of likely N-dealkylation sites (N-methyl/N-ethyl adjacent to an activating group) is 1. The van der Waals surface area contributed by atoms with Gasteiger partial charge in [-0.3, -0.25) is 9.52 Å². The van der Waals surface area contributed by atoms with Crippen LogP contribution in [0, 0.1) is 6.92 Å². The third-order valence-electron chi connectivity index (χ3n) is 5.46. The Morgan fingerprint density at radius 1 is 1.00 bits per heavy atom. The molecule has 1 saturated heterocycles. The fourth-order valence-electron chi connectivity index (χ4n) is 3.51. The number of aryl methyl sites for hydroxylation is 1. The molecule has 2 N–H and O–H groups in total. The average molecular weight is 431 g/mol. The molecule has 0 saturated carbocycles. The summed E-state index contributed by atoms with van der Waals surface area (Å²) in [6, 6.07) is 12.6. The molecule has 0 bridgehead atoms. The minimum absolute atomic E-state index is 0.0595. The van der Waals surface area contributed by atoms with E-state index < -0.39 is 10.0 Å². The van der Waals surface area contributed by atoms with E-state index in [0.717, 1.165) is 44.0 Å². The van der Waals surface area contributed by atoms with Crippen molar-refractivity contribution in [3.8, 4) is 0 Å². The molecular weight excluding hydrogens is 400 g/mol. The van der Waals surface area contributed by atoms with Crippen LogP contribution in [0.2, 0.25) is 0 Å². The van der Waals surface area contributed by atoms with Gasteiger partial charge in [0.15, 0.2) is 0 Å². The van der Waals surface area contributed by atoms with Crippen LogP contribution in [0.3, 0.4) is 0 Å². The summed E-state index contributed by atoms with van der Waals surface area (Å²) >= 11 is 0. The standard InChI is InChI=1S/C22H30N4O3S/c1-4-25-12-14-26(15-13-25)18-10-11-20(17(3)16-18)23-22(27)19-8-6-7-9-21(19)24-30(28,29)5-2/h6-11,16,24H,4-5,12-15H2,1-3H3,(H,23,27). The van der Waals surface area contributed by atoms with Crippen LogP contribution < -0.4 is 14.9 Å². The lowest BCUT2D eigenvalue weighted by molar-refractivity contribution is 0.102. The summed E-state index contributed by atoms with van der Waals surface area (Å²) in [5, 5.41) is 2.92. The highest BCUT2D eigenvalue weighted by Gasteiger charge is 2.18. The molecule has 0 unspecified atom stereocenters. The summed E-state index contributed by atoms with van der Waals surface area (Å²) in [6.07, 6.45) is 0. The molecule has 3 rings (SSSR count). The summed E-state index contributed by atoms with van der Waals surface area (Å²) in [6.45, 7) is 10.9. The Morgan fingerprint density at radius 2 is 1.70 bits per heavy atom. The van der Waals surface area contributed by atoms with E-state index in [4.69, 9.17) is 0 Å². The van der Waals surface area contributed by atoms with Crippen LogP contribution in [0.25, 0.3) is 0 Å². The predicted octanol–water partition coefficient (Wildman–Crippen LogP) is 3.15. The first-order chi connectivity index (χ1) is 14.3. The van der Waals surface area contributed by atoms with E-state index in [9.17, 15) is 13.2 Å². The van der Waals surface area contributed by atoms with Crippen molar-refractivity contribution in [3.05, 3.63) is 53.6 Å². The monoisotopic (exact) mass is 430 g/mol. The highest BCUT2D eigenvalue weighted by Crippen LogP contribution is 2.25. The summed E-state index contributed by atoms with van der Waals surface area (Å²) < 4.78 is 26.3. The molecule has 0 atom stereocenters. The molecule has 0 aliphatic carbocycles. The van der Waals surface area contributed by atoms with Gasteiger partial charge in [0.05, 0.1) is 17.0 Å². The number of carbonyl (C=O) groups is 1. The Balaban J connectivity index is 1.74. The van der Waals surface area contributed by atoms with Crippen LogP contribution >= 0.6 is 0 Å². The molecule has 7 nitrogen and oxygen atoms in total. The number of anilines is 3. The van der Waals surface area contributed by atoms with Gasteiger partial charge in [0.1, 0.15) is 0 Å². The number of para-hydroxylation sites is 1. The second kappa shape index (κ2) is 9.49. The van der Waals surface area contributed by atoms with Crippen molar-refractivity contribution in [1.29, 1.82) is 0 Å². The average Bonchev–Trinajstić information content (AvgIpc) is 2.75. The van der Waals surface area contributed by atoms with Crippen LogP contribution in [0.5, 0.6) is 0 Å². The number of nitrogens with one attached hydrogen (secondary N) is 2. The quantitative estimate of drug-likeness (QED) is 0.705. The number of sulfonamides is 1. The third kappa shape index (κ3) is 5.31. The Kier molecular flexibility index (Phi) is 6.99. The minimum Gasteiger partial charge on any atom is -0.369 e. The van der Waals surface area contributed by atoms with Gasteiger partial charge in [-0.2, -0.15) is 0 Å². The van der Waals surface area contributed by atoms with Gasteiger partial charge in [-0.1, -0.05) is 19.1 Å². The van der Waals surface area contributed by atoms with Crippen LogP contribution in [-0.2, 0) is 10.0 Å². The van der Waals surface area contributed by atoms with Gasteiger partial charge in [0, 0.05) is 37.6 Å². The first-order valence-corrected chi connectivity index (χ1v) is 12.0. The maximum absolute atomic E-state index is 12.9. The van der Waals surface area contributed by atoms with Gasteiger partial charge in [0.25, 0.3) is 5.91 Å². The van der Waals surface area contributed by atoms with Gasteiger partial charge in [0.2, 0.25) is 10.0 Å². The summed E-state index contributed by atoms with van der Waals surface area (Å²) in [4.78, 5) is 17.6. The van der Waals surface area contributed by atoms with Crippen molar-refractivity contribution in [2.24, 2.45) is 0 Å². The van der Waals surface area contributed by atoms with Crippen molar-refractivity contribution < 1.29 is 13.2 Å². The highest BCUT2D eigenvalue weighted by atomic mass is 32.2. The second-order valence-corrected chi connectivity index (χ2v) is 9.44. The first-order valence-electron chi connectivity index (χ1n) is 10.3. The van der Waals surface area contributed by atoms with E-state index in [1.807, 2.05) is 19.1 Å². The van der Waals surface area contributed by atoms with Crippen LogP contribution in [0.1, 0.15) is 29.8 Å². The number of carbonyl (C=O) groups excluding carboxylic acids is 1. The fourth-order valence-corrected chi connectivity index (χ4v) is 4.16. The number of hydrogen-bond acceptors (Lipinski definition) is 5. The largest absolute Gasteiger partial charge is 0.369 e. The Bertz CT molecular complexity index is 999. The lowest BCUT2D eigenvalue weighted by atomic mass is 10.1. The third-order valence-corrected chi connectivity index (χ3v) is 6.75. The van der Waals surface area contributed by atoms with Crippen LogP contribution in [0.15, 0.2) is 42.5 Å². The molecule has 8 heteroatoms. The van der Waals surface area contributed by atoms with Crippen molar-refractivity contribution in [1.82, 2.24) is 4.90 Å². The molecule has 1 aliphatic rings. The smallest absolute Gasteiger partial charge is 0.257 e. The molecule has 0 spiro atoms. The molecule has 0 aromatic heterocycles. The normalized spacial score (nSPS) is 15.1. The van der Waals surface area contributed by atoms with Gasteiger partial charge in [-0.25, -0.2) is 8.42 Å². The molecule has 2 aromatic carbocycles. The van der Waals surface area contributed by atoms with E-state index in [1.54, 1.807) is 31.2 Å². The van der Waals surface area contributed by atoms with E-state index in [-0.39, 0.29) is 22.9 Å². The number of nitrogens with zero attached hydrogens (tertiary/aromatic N) is 2. The lowest BCUT2D eigenvalue weighted by Crippen LogP contribution is -2.46.